The quantitative estimate of drug-likeness (QED) is 0.765. The molecule has 0 amide bonds. The van der Waals surface area contributed by atoms with Crippen LogP contribution in [0.3, 0.4) is 0 Å². The van der Waals surface area contributed by atoms with Crippen molar-refractivity contribution in [3.05, 3.63) is 71.7 Å². The molecule has 1 atom stereocenters. The van der Waals surface area contributed by atoms with Crippen molar-refractivity contribution in [3.63, 3.8) is 0 Å². The second-order valence-electron chi connectivity index (χ2n) is 4.70. The molecule has 0 saturated carbocycles. The van der Waals surface area contributed by atoms with E-state index in [1.807, 2.05) is 43.3 Å². The van der Waals surface area contributed by atoms with E-state index in [1.54, 1.807) is 12.1 Å². The average molecular weight is 269 g/mol. The minimum absolute atomic E-state index is 0.223. The maximum Gasteiger partial charge on any atom is 0.134 e. The van der Waals surface area contributed by atoms with E-state index >= 15 is 0 Å². The summed E-state index contributed by atoms with van der Waals surface area (Å²) in [6, 6.07) is 16.3. The van der Waals surface area contributed by atoms with E-state index in [1.165, 1.54) is 6.07 Å². The summed E-state index contributed by atoms with van der Waals surface area (Å²) in [6.07, 6.45) is 0. The molecule has 0 spiro atoms. The highest BCUT2D eigenvalue weighted by Gasteiger charge is 2.20. The lowest BCUT2D eigenvalue weighted by Gasteiger charge is -2.16. The van der Waals surface area contributed by atoms with E-state index in [2.05, 4.69) is 5.32 Å². The Labute approximate surface area is 117 Å². The third-order valence-electron chi connectivity index (χ3n) is 3.35. The summed E-state index contributed by atoms with van der Waals surface area (Å²) in [4.78, 5) is 0. The van der Waals surface area contributed by atoms with Gasteiger partial charge in [0, 0.05) is 10.9 Å². The largest absolute Gasteiger partial charge is 0.459 e. The van der Waals surface area contributed by atoms with E-state index in [-0.39, 0.29) is 11.9 Å². The zero-order chi connectivity index (χ0) is 13.9. The van der Waals surface area contributed by atoms with Gasteiger partial charge < -0.3 is 9.73 Å². The molecule has 3 heteroatoms. The Kier molecular flexibility index (Phi) is 3.52. The summed E-state index contributed by atoms with van der Waals surface area (Å²) in [5.74, 6) is 0.511. The SMILES string of the molecule is CCNC(c1cc2ccccc2o1)c1ccccc1F. The van der Waals surface area contributed by atoms with E-state index in [4.69, 9.17) is 4.42 Å². The van der Waals surface area contributed by atoms with Crippen molar-refractivity contribution in [3.8, 4) is 0 Å². The van der Waals surface area contributed by atoms with E-state index in [0.29, 0.717) is 5.56 Å². The molecule has 0 saturated heterocycles. The zero-order valence-electron chi connectivity index (χ0n) is 11.3. The second-order valence-corrected chi connectivity index (χ2v) is 4.70. The molecule has 1 aromatic heterocycles. The Morgan fingerprint density at radius 2 is 1.85 bits per heavy atom. The molecule has 3 rings (SSSR count). The number of nitrogens with one attached hydrogen (secondary N) is 1. The van der Waals surface area contributed by atoms with Crippen LogP contribution in [0.5, 0.6) is 0 Å². The van der Waals surface area contributed by atoms with Gasteiger partial charge in [0.15, 0.2) is 0 Å². The topological polar surface area (TPSA) is 25.2 Å². The molecule has 1 N–H and O–H groups in total. The predicted octanol–water partition coefficient (Wildman–Crippen LogP) is 4.27. The number of furan rings is 1. The van der Waals surface area contributed by atoms with Crippen molar-refractivity contribution < 1.29 is 8.81 Å². The first-order valence-corrected chi connectivity index (χ1v) is 6.76. The fourth-order valence-electron chi connectivity index (χ4n) is 2.42. The summed E-state index contributed by atoms with van der Waals surface area (Å²) in [7, 11) is 0. The Balaban J connectivity index is 2.08. The number of benzene rings is 2. The molecule has 0 bridgehead atoms. The van der Waals surface area contributed by atoms with Crippen LogP contribution in [-0.4, -0.2) is 6.54 Å². The molecule has 0 radical (unpaired) electrons. The van der Waals surface area contributed by atoms with Gasteiger partial charge in [-0.05, 0) is 24.7 Å². The van der Waals surface area contributed by atoms with Gasteiger partial charge in [-0.3, -0.25) is 0 Å². The van der Waals surface area contributed by atoms with Gasteiger partial charge in [0.1, 0.15) is 17.2 Å². The van der Waals surface area contributed by atoms with Crippen LogP contribution < -0.4 is 5.32 Å². The lowest BCUT2D eigenvalue weighted by molar-refractivity contribution is 0.462. The zero-order valence-corrected chi connectivity index (χ0v) is 11.3. The van der Waals surface area contributed by atoms with Crippen molar-refractivity contribution in [2.45, 2.75) is 13.0 Å². The van der Waals surface area contributed by atoms with Crippen LogP contribution in [0, 0.1) is 5.82 Å². The predicted molar refractivity (Wildman–Crippen MR) is 78.1 cm³/mol. The van der Waals surface area contributed by atoms with Gasteiger partial charge in [-0.25, -0.2) is 4.39 Å². The van der Waals surface area contributed by atoms with Crippen molar-refractivity contribution >= 4 is 11.0 Å². The normalized spacial score (nSPS) is 12.7. The third-order valence-corrected chi connectivity index (χ3v) is 3.35. The highest BCUT2D eigenvalue weighted by Crippen LogP contribution is 2.29. The van der Waals surface area contributed by atoms with Gasteiger partial charge in [-0.2, -0.15) is 0 Å². The molecule has 102 valence electrons. The minimum atomic E-state index is -0.270. The van der Waals surface area contributed by atoms with Crippen molar-refractivity contribution in [1.29, 1.82) is 0 Å². The molecule has 20 heavy (non-hydrogen) atoms. The maximum absolute atomic E-state index is 14.0. The molecule has 3 aromatic rings. The first-order valence-electron chi connectivity index (χ1n) is 6.76. The Morgan fingerprint density at radius 3 is 2.60 bits per heavy atom. The van der Waals surface area contributed by atoms with Crippen LogP contribution in [0.15, 0.2) is 59.0 Å². The van der Waals surface area contributed by atoms with E-state index in [9.17, 15) is 4.39 Å². The highest BCUT2D eigenvalue weighted by atomic mass is 19.1. The molecular formula is C17H16FNO. The molecule has 1 heterocycles. The number of fused-ring (bicyclic) bond motifs is 1. The monoisotopic (exact) mass is 269 g/mol. The van der Waals surface area contributed by atoms with Crippen molar-refractivity contribution in [1.82, 2.24) is 5.32 Å². The Bertz CT molecular complexity index is 687. The number of halogens is 1. The first-order chi connectivity index (χ1) is 9.79. The standard InChI is InChI=1S/C17H16FNO/c1-2-19-17(13-8-4-5-9-14(13)18)16-11-12-7-3-6-10-15(12)20-16/h3-11,17,19H,2H2,1H3. The molecule has 0 aliphatic rings. The van der Waals surface area contributed by atoms with E-state index in [0.717, 1.165) is 23.3 Å². The fraction of sp³-hybridized carbons (Fsp3) is 0.176. The minimum Gasteiger partial charge on any atom is -0.459 e. The highest BCUT2D eigenvalue weighted by molar-refractivity contribution is 5.77. The third kappa shape index (κ3) is 2.32. The summed E-state index contributed by atoms with van der Waals surface area (Å²) in [6.45, 7) is 2.73. The van der Waals surface area contributed by atoms with Gasteiger partial charge >= 0.3 is 0 Å². The second kappa shape index (κ2) is 5.47. The first kappa shape index (κ1) is 12.9. The van der Waals surface area contributed by atoms with Gasteiger partial charge in [-0.15, -0.1) is 0 Å². The summed E-state index contributed by atoms with van der Waals surface area (Å²) in [5.41, 5.74) is 1.43. The Morgan fingerprint density at radius 1 is 1.10 bits per heavy atom. The molecule has 0 fully saturated rings. The lowest BCUT2D eigenvalue weighted by Crippen LogP contribution is -2.22. The molecule has 0 aliphatic heterocycles. The van der Waals surface area contributed by atoms with Crippen molar-refractivity contribution in [2.75, 3.05) is 6.54 Å². The molecule has 2 aromatic carbocycles. The van der Waals surface area contributed by atoms with E-state index < -0.39 is 0 Å². The van der Waals surface area contributed by atoms with Crippen LogP contribution in [0.1, 0.15) is 24.3 Å². The van der Waals surface area contributed by atoms with Crippen LogP contribution >= 0.6 is 0 Å². The number of hydrogen-bond donors (Lipinski definition) is 1. The number of hydrogen-bond acceptors (Lipinski definition) is 2. The van der Waals surface area contributed by atoms with Crippen LogP contribution in [0.2, 0.25) is 0 Å². The average Bonchev–Trinajstić information content (AvgIpc) is 2.89. The van der Waals surface area contributed by atoms with Gasteiger partial charge in [0.25, 0.3) is 0 Å². The lowest BCUT2D eigenvalue weighted by atomic mass is 10.0. The van der Waals surface area contributed by atoms with Gasteiger partial charge in [0.2, 0.25) is 0 Å². The number of para-hydroxylation sites is 1. The smallest absolute Gasteiger partial charge is 0.134 e. The fourth-order valence-corrected chi connectivity index (χ4v) is 2.42. The van der Waals surface area contributed by atoms with Crippen LogP contribution in [0.4, 0.5) is 4.39 Å². The molecular weight excluding hydrogens is 253 g/mol. The summed E-state index contributed by atoms with van der Waals surface area (Å²) in [5, 5.41) is 4.31. The van der Waals surface area contributed by atoms with Crippen LogP contribution in [0.25, 0.3) is 11.0 Å². The summed E-state index contributed by atoms with van der Waals surface area (Å²) < 4.78 is 19.9. The van der Waals surface area contributed by atoms with Crippen molar-refractivity contribution in [2.24, 2.45) is 0 Å². The van der Waals surface area contributed by atoms with Gasteiger partial charge in [-0.1, -0.05) is 43.3 Å². The van der Waals surface area contributed by atoms with Gasteiger partial charge in [0.05, 0.1) is 6.04 Å². The van der Waals surface area contributed by atoms with Crippen LogP contribution in [-0.2, 0) is 0 Å². The Hall–Kier alpha value is -2.13. The summed E-state index contributed by atoms with van der Waals surface area (Å²) >= 11 is 0. The maximum atomic E-state index is 14.0. The molecule has 2 nitrogen and oxygen atoms in total. The number of rotatable bonds is 4. The molecule has 1 unspecified atom stereocenters. The molecule has 0 aliphatic carbocycles.